The van der Waals surface area contributed by atoms with Crippen molar-refractivity contribution in [2.75, 3.05) is 0 Å². The van der Waals surface area contributed by atoms with Gasteiger partial charge in [0.2, 0.25) is 5.91 Å². The van der Waals surface area contributed by atoms with E-state index in [1.807, 2.05) is 24.3 Å². The summed E-state index contributed by atoms with van der Waals surface area (Å²) in [6.07, 6.45) is 8.27. The summed E-state index contributed by atoms with van der Waals surface area (Å²) in [5, 5.41) is 12.2. The fourth-order valence-electron chi connectivity index (χ4n) is 2.89. The maximum absolute atomic E-state index is 12.2. The lowest BCUT2D eigenvalue weighted by atomic mass is 9.90. The van der Waals surface area contributed by atoms with Gasteiger partial charge in [-0.1, -0.05) is 56.4 Å². The minimum absolute atomic E-state index is 0.0460. The molecule has 0 saturated heterocycles. The van der Waals surface area contributed by atoms with Crippen LogP contribution in [0.1, 0.15) is 56.1 Å². The van der Waals surface area contributed by atoms with Crippen molar-refractivity contribution in [3.05, 3.63) is 35.4 Å². The van der Waals surface area contributed by atoms with E-state index in [0.717, 1.165) is 24.0 Å². The van der Waals surface area contributed by atoms with Crippen molar-refractivity contribution in [1.82, 2.24) is 5.32 Å². The van der Waals surface area contributed by atoms with Gasteiger partial charge in [0, 0.05) is 12.5 Å². The molecule has 2 rings (SSSR count). The van der Waals surface area contributed by atoms with Crippen LogP contribution in [0.2, 0.25) is 0 Å². The molecule has 2 N–H and O–H groups in total. The van der Waals surface area contributed by atoms with Crippen molar-refractivity contribution >= 4 is 5.91 Å². The van der Waals surface area contributed by atoms with Crippen LogP contribution in [0.3, 0.4) is 0 Å². The van der Waals surface area contributed by atoms with E-state index in [4.69, 9.17) is 5.11 Å². The molecule has 1 saturated carbocycles. The Labute approximate surface area is 121 Å². The Hall–Kier alpha value is -1.35. The van der Waals surface area contributed by atoms with E-state index in [9.17, 15) is 4.79 Å². The highest BCUT2D eigenvalue weighted by atomic mass is 16.3. The number of amides is 1. The first kappa shape index (κ1) is 15.0. The Morgan fingerprint density at radius 2 is 1.75 bits per heavy atom. The zero-order chi connectivity index (χ0) is 14.2. The largest absolute Gasteiger partial charge is 0.392 e. The number of benzene rings is 1. The van der Waals surface area contributed by atoms with Crippen molar-refractivity contribution in [3.8, 4) is 0 Å². The zero-order valence-electron chi connectivity index (χ0n) is 12.1. The van der Waals surface area contributed by atoms with Gasteiger partial charge in [0.15, 0.2) is 0 Å². The first-order valence-electron chi connectivity index (χ1n) is 7.76. The fourth-order valence-corrected chi connectivity index (χ4v) is 2.89. The van der Waals surface area contributed by atoms with Gasteiger partial charge in [-0.2, -0.15) is 0 Å². The van der Waals surface area contributed by atoms with E-state index in [1.54, 1.807) is 0 Å². The highest BCUT2D eigenvalue weighted by molar-refractivity contribution is 5.78. The monoisotopic (exact) mass is 275 g/mol. The van der Waals surface area contributed by atoms with Gasteiger partial charge < -0.3 is 10.4 Å². The summed E-state index contributed by atoms with van der Waals surface area (Å²) in [6, 6.07) is 7.74. The van der Waals surface area contributed by atoms with Crippen molar-refractivity contribution in [2.24, 2.45) is 5.92 Å². The number of aliphatic hydroxyl groups is 1. The van der Waals surface area contributed by atoms with E-state index in [0.29, 0.717) is 6.54 Å². The van der Waals surface area contributed by atoms with Crippen molar-refractivity contribution < 1.29 is 9.90 Å². The standard InChI is InChI=1S/C17H25NO2/c19-13-15-8-6-7-14(11-15)12-18-17(20)16-9-4-2-1-3-5-10-16/h6-8,11,16,19H,1-5,9-10,12-13H2,(H,18,20). The number of hydrogen-bond donors (Lipinski definition) is 2. The summed E-state index contributed by atoms with van der Waals surface area (Å²) >= 11 is 0. The second-order valence-electron chi connectivity index (χ2n) is 5.74. The molecular formula is C17H25NO2. The molecule has 0 aliphatic heterocycles. The van der Waals surface area contributed by atoms with Gasteiger partial charge in [0.1, 0.15) is 0 Å². The fraction of sp³-hybridized carbons (Fsp3) is 0.588. The second kappa shape index (κ2) is 8.05. The third-order valence-electron chi connectivity index (χ3n) is 4.12. The van der Waals surface area contributed by atoms with Crippen molar-refractivity contribution in [1.29, 1.82) is 0 Å². The molecule has 0 radical (unpaired) electrons. The van der Waals surface area contributed by atoms with Crippen LogP contribution in [-0.4, -0.2) is 11.0 Å². The molecule has 0 aromatic heterocycles. The van der Waals surface area contributed by atoms with E-state index in [1.165, 1.54) is 32.1 Å². The van der Waals surface area contributed by atoms with Crippen LogP contribution in [0.25, 0.3) is 0 Å². The molecule has 110 valence electrons. The summed E-state index contributed by atoms with van der Waals surface area (Å²) in [4.78, 5) is 12.2. The summed E-state index contributed by atoms with van der Waals surface area (Å²) in [5.74, 6) is 0.387. The number of hydrogen-bond acceptors (Lipinski definition) is 2. The van der Waals surface area contributed by atoms with E-state index < -0.39 is 0 Å². The van der Waals surface area contributed by atoms with Crippen molar-refractivity contribution in [3.63, 3.8) is 0 Å². The van der Waals surface area contributed by atoms with Gasteiger partial charge in [-0.05, 0) is 24.0 Å². The predicted octanol–water partition coefficient (Wildman–Crippen LogP) is 3.16. The molecule has 0 unspecified atom stereocenters. The van der Waals surface area contributed by atoms with E-state index in [-0.39, 0.29) is 18.4 Å². The molecule has 1 aromatic carbocycles. The first-order valence-corrected chi connectivity index (χ1v) is 7.76. The van der Waals surface area contributed by atoms with Gasteiger partial charge in [-0.3, -0.25) is 4.79 Å². The topological polar surface area (TPSA) is 49.3 Å². The Balaban J connectivity index is 1.83. The Morgan fingerprint density at radius 1 is 1.10 bits per heavy atom. The zero-order valence-corrected chi connectivity index (χ0v) is 12.1. The molecule has 1 aromatic rings. The van der Waals surface area contributed by atoms with Crippen molar-refractivity contribution in [2.45, 2.75) is 58.1 Å². The Morgan fingerprint density at radius 3 is 2.45 bits per heavy atom. The summed E-state index contributed by atoms with van der Waals surface area (Å²) < 4.78 is 0. The molecule has 20 heavy (non-hydrogen) atoms. The molecule has 1 aliphatic carbocycles. The molecule has 1 amide bonds. The van der Waals surface area contributed by atoms with Crippen LogP contribution in [0.15, 0.2) is 24.3 Å². The minimum Gasteiger partial charge on any atom is -0.392 e. The Bertz CT molecular complexity index is 423. The predicted molar refractivity (Wildman–Crippen MR) is 80.0 cm³/mol. The lowest BCUT2D eigenvalue weighted by molar-refractivity contribution is -0.125. The van der Waals surface area contributed by atoms with Crippen LogP contribution in [0.5, 0.6) is 0 Å². The molecule has 3 heteroatoms. The normalized spacial score (nSPS) is 17.2. The minimum atomic E-state index is 0.0460. The molecule has 0 bridgehead atoms. The smallest absolute Gasteiger partial charge is 0.223 e. The molecule has 0 heterocycles. The van der Waals surface area contributed by atoms with Crippen LogP contribution >= 0.6 is 0 Å². The van der Waals surface area contributed by atoms with Gasteiger partial charge >= 0.3 is 0 Å². The third-order valence-corrected chi connectivity index (χ3v) is 4.12. The quantitative estimate of drug-likeness (QED) is 0.886. The first-order chi connectivity index (χ1) is 9.79. The van der Waals surface area contributed by atoms with Crippen LogP contribution in [0.4, 0.5) is 0 Å². The average molecular weight is 275 g/mol. The maximum Gasteiger partial charge on any atom is 0.223 e. The number of rotatable bonds is 4. The van der Waals surface area contributed by atoms with E-state index >= 15 is 0 Å². The second-order valence-corrected chi connectivity index (χ2v) is 5.74. The number of carbonyl (C=O) groups excluding carboxylic acids is 1. The molecule has 0 atom stereocenters. The average Bonchev–Trinajstić information content (AvgIpc) is 2.44. The molecule has 3 nitrogen and oxygen atoms in total. The van der Waals surface area contributed by atoms with Crippen LogP contribution in [0, 0.1) is 5.92 Å². The number of carbonyl (C=O) groups is 1. The summed E-state index contributed by atoms with van der Waals surface area (Å²) in [7, 11) is 0. The highest BCUT2D eigenvalue weighted by Crippen LogP contribution is 2.22. The lowest BCUT2D eigenvalue weighted by Gasteiger charge is -2.19. The number of nitrogens with one attached hydrogen (secondary N) is 1. The molecule has 1 aliphatic rings. The third kappa shape index (κ3) is 4.64. The number of aliphatic hydroxyl groups excluding tert-OH is 1. The van der Waals surface area contributed by atoms with Gasteiger partial charge in [-0.25, -0.2) is 0 Å². The van der Waals surface area contributed by atoms with Gasteiger partial charge in [0.25, 0.3) is 0 Å². The highest BCUT2D eigenvalue weighted by Gasteiger charge is 2.18. The van der Waals surface area contributed by atoms with E-state index in [2.05, 4.69) is 5.32 Å². The summed E-state index contributed by atoms with van der Waals surface area (Å²) in [6.45, 7) is 0.605. The lowest BCUT2D eigenvalue weighted by Crippen LogP contribution is -2.30. The SMILES string of the molecule is O=C(NCc1cccc(CO)c1)C1CCCCCCC1. The van der Waals surface area contributed by atoms with Gasteiger partial charge in [-0.15, -0.1) is 0 Å². The van der Waals surface area contributed by atoms with Crippen LogP contribution in [-0.2, 0) is 17.9 Å². The van der Waals surface area contributed by atoms with Gasteiger partial charge in [0.05, 0.1) is 6.61 Å². The maximum atomic E-state index is 12.2. The molecular weight excluding hydrogens is 250 g/mol. The summed E-state index contributed by atoms with van der Waals surface area (Å²) in [5.41, 5.74) is 1.94. The molecule has 0 spiro atoms. The van der Waals surface area contributed by atoms with Crippen LogP contribution < -0.4 is 5.32 Å². The Kier molecular flexibility index (Phi) is 6.06. The molecule has 1 fully saturated rings.